The van der Waals surface area contributed by atoms with Crippen LogP contribution >= 0.6 is 15.9 Å². The Morgan fingerprint density at radius 2 is 1.05 bits per heavy atom. The summed E-state index contributed by atoms with van der Waals surface area (Å²) in [5.41, 5.74) is 7.09. The Bertz CT molecular complexity index is 2310. The number of aryl methyl sites for hydroxylation is 2. The molecule has 43 heavy (non-hydrogen) atoms. The van der Waals surface area contributed by atoms with Gasteiger partial charge in [0.25, 0.3) is 0 Å². The van der Waals surface area contributed by atoms with Crippen LogP contribution in [0.25, 0.3) is 66.1 Å². The highest BCUT2D eigenvalue weighted by atomic mass is 79.9. The number of aromatic hydroxyl groups is 2. The van der Waals surface area contributed by atoms with Crippen molar-refractivity contribution >= 4 is 59.5 Å². The van der Waals surface area contributed by atoms with E-state index in [0.717, 1.165) is 66.2 Å². The van der Waals surface area contributed by atoms with Gasteiger partial charge in [0.1, 0.15) is 11.5 Å². The molecule has 0 aliphatic heterocycles. The summed E-state index contributed by atoms with van der Waals surface area (Å²) < 4.78 is 0.647. The highest BCUT2D eigenvalue weighted by Crippen LogP contribution is 2.36. The van der Waals surface area contributed by atoms with Gasteiger partial charge in [-0.25, -0.2) is 9.97 Å². The minimum Gasteiger partial charge on any atom is -0.508 e. The number of rotatable bonds is 2. The topological polar surface area (TPSA) is 124 Å². The smallest absolute Gasteiger partial charge is 0.182 e. The Labute approximate surface area is 254 Å². The lowest BCUT2D eigenvalue weighted by molar-refractivity contribution is 0.472. The highest BCUT2D eigenvalue weighted by molar-refractivity contribution is 9.10. The number of hydrogen-bond donors (Lipinski definition) is 4. The quantitative estimate of drug-likeness (QED) is 0.152. The van der Waals surface area contributed by atoms with Crippen molar-refractivity contribution < 1.29 is 10.2 Å². The third-order valence-electron chi connectivity index (χ3n) is 7.56. The van der Waals surface area contributed by atoms with E-state index in [4.69, 9.17) is 9.97 Å². The Balaban J connectivity index is 0.000000140. The number of hydrogen-bond acceptors (Lipinski definition) is 6. The van der Waals surface area contributed by atoms with Gasteiger partial charge in [0.2, 0.25) is 0 Å². The van der Waals surface area contributed by atoms with Crippen LogP contribution in [0.4, 0.5) is 0 Å². The minimum absolute atomic E-state index is 0.213. The molecule has 0 atom stereocenters. The third kappa shape index (κ3) is 4.64. The average Bonchev–Trinajstić information content (AvgIpc) is 3.60. The van der Waals surface area contributed by atoms with Gasteiger partial charge in [0.05, 0.1) is 15.9 Å². The predicted molar refractivity (Wildman–Crippen MR) is 174 cm³/mol. The molecular formula is C34H25BrN6O2. The van der Waals surface area contributed by atoms with Crippen LogP contribution in [0.5, 0.6) is 11.5 Å². The SMILES string of the molecule is Cc1[nH]nc2nc(-c3ccc(O)c(Br)c3)c3ccccc3c12.Cc1[nH]nc2nc(-c3ccc(O)cc3)c3ccccc3c12. The van der Waals surface area contributed by atoms with Gasteiger partial charge in [0.15, 0.2) is 11.3 Å². The summed E-state index contributed by atoms with van der Waals surface area (Å²) in [6, 6.07) is 28.8. The monoisotopic (exact) mass is 628 g/mol. The van der Waals surface area contributed by atoms with Crippen LogP contribution in [0.1, 0.15) is 11.4 Å². The van der Waals surface area contributed by atoms with E-state index in [1.807, 2.05) is 62.4 Å². The molecule has 210 valence electrons. The first-order valence-electron chi connectivity index (χ1n) is 13.6. The number of benzene rings is 4. The molecule has 0 radical (unpaired) electrons. The molecule has 4 N–H and O–H groups in total. The molecular weight excluding hydrogens is 604 g/mol. The molecule has 0 aliphatic rings. The molecule has 0 saturated heterocycles. The zero-order valence-corrected chi connectivity index (χ0v) is 24.8. The number of H-pyrrole nitrogens is 2. The lowest BCUT2D eigenvalue weighted by Crippen LogP contribution is -1.89. The average molecular weight is 630 g/mol. The fourth-order valence-electron chi connectivity index (χ4n) is 5.50. The minimum atomic E-state index is 0.213. The number of fused-ring (bicyclic) bond motifs is 6. The molecule has 8 nitrogen and oxygen atoms in total. The van der Waals surface area contributed by atoms with Crippen LogP contribution in [-0.2, 0) is 0 Å². The van der Waals surface area contributed by atoms with Crippen LogP contribution in [0.2, 0.25) is 0 Å². The second-order valence-corrected chi connectivity index (χ2v) is 11.2. The molecule has 0 fully saturated rings. The van der Waals surface area contributed by atoms with E-state index >= 15 is 0 Å². The zero-order chi connectivity index (χ0) is 29.7. The lowest BCUT2D eigenvalue weighted by Gasteiger charge is -2.08. The van der Waals surface area contributed by atoms with Crippen LogP contribution in [0.3, 0.4) is 0 Å². The van der Waals surface area contributed by atoms with Gasteiger partial charge in [-0.2, -0.15) is 10.2 Å². The number of aromatic amines is 2. The number of halogens is 1. The summed E-state index contributed by atoms with van der Waals surface area (Å²) in [6.07, 6.45) is 0. The first kappa shape index (κ1) is 26.6. The number of aromatic nitrogens is 6. The van der Waals surface area contributed by atoms with Gasteiger partial charge in [0, 0.05) is 44.1 Å². The maximum atomic E-state index is 9.69. The largest absolute Gasteiger partial charge is 0.508 e. The molecule has 8 aromatic rings. The zero-order valence-electron chi connectivity index (χ0n) is 23.2. The van der Waals surface area contributed by atoms with Crippen molar-refractivity contribution in [2.75, 3.05) is 0 Å². The van der Waals surface area contributed by atoms with Crippen molar-refractivity contribution in [3.05, 3.63) is 107 Å². The van der Waals surface area contributed by atoms with Gasteiger partial charge in [-0.05, 0) is 83.0 Å². The standard InChI is InChI=1S/C17H12BrN3O.C17H13N3O/c1-9-15-11-4-2-3-5-12(11)16(19-17(15)21-20-9)10-6-7-14(22)13(18)8-10;1-10-15-13-4-2-3-5-14(13)16(18-17(15)20-19-10)11-6-8-12(21)9-7-11/h2-8,22H,1H3,(H,19,20,21);2-9,21H,1H3,(H,18,19,20). The van der Waals surface area contributed by atoms with Crippen molar-refractivity contribution in [1.82, 2.24) is 30.4 Å². The van der Waals surface area contributed by atoms with E-state index in [1.54, 1.807) is 18.2 Å². The molecule has 0 bridgehead atoms. The fourth-order valence-corrected chi connectivity index (χ4v) is 5.88. The second kappa shape index (κ2) is 10.5. The molecule has 8 rings (SSSR count). The summed E-state index contributed by atoms with van der Waals surface area (Å²) in [6.45, 7) is 4.00. The van der Waals surface area contributed by atoms with Crippen molar-refractivity contribution in [1.29, 1.82) is 0 Å². The number of phenolic OH excluding ortho intramolecular Hbond substituents is 2. The molecule has 4 heterocycles. The van der Waals surface area contributed by atoms with E-state index in [1.165, 1.54) is 0 Å². The summed E-state index contributed by atoms with van der Waals surface area (Å²) >= 11 is 3.36. The summed E-state index contributed by atoms with van der Waals surface area (Å²) in [5.74, 6) is 0.462. The fraction of sp³-hybridized carbons (Fsp3) is 0.0588. The first-order chi connectivity index (χ1) is 20.9. The first-order valence-corrected chi connectivity index (χ1v) is 14.4. The van der Waals surface area contributed by atoms with Gasteiger partial charge in [-0.3, -0.25) is 10.2 Å². The van der Waals surface area contributed by atoms with Crippen molar-refractivity contribution in [3.63, 3.8) is 0 Å². The summed E-state index contributed by atoms with van der Waals surface area (Å²) in [5, 5.41) is 40.3. The van der Waals surface area contributed by atoms with E-state index in [2.05, 4.69) is 60.6 Å². The van der Waals surface area contributed by atoms with E-state index < -0.39 is 0 Å². The second-order valence-electron chi connectivity index (χ2n) is 10.3. The van der Waals surface area contributed by atoms with Crippen LogP contribution in [0, 0.1) is 13.8 Å². The molecule has 9 heteroatoms. The third-order valence-corrected chi connectivity index (χ3v) is 8.19. The van der Waals surface area contributed by atoms with E-state index in [0.29, 0.717) is 15.8 Å². The lowest BCUT2D eigenvalue weighted by atomic mass is 10.0. The molecule has 4 aromatic carbocycles. The number of pyridine rings is 2. The summed E-state index contributed by atoms with van der Waals surface area (Å²) in [4.78, 5) is 9.42. The molecule has 0 amide bonds. The van der Waals surface area contributed by atoms with E-state index in [-0.39, 0.29) is 11.5 Å². The predicted octanol–water partition coefficient (Wildman–Crippen LogP) is 8.35. The molecule has 4 aromatic heterocycles. The molecule has 0 aliphatic carbocycles. The highest BCUT2D eigenvalue weighted by Gasteiger charge is 2.15. The van der Waals surface area contributed by atoms with Crippen molar-refractivity contribution in [3.8, 4) is 34.0 Å². The normalized spacial score (nSPS) is 11.3. The van der Waals surface area contributed by atoms with Crippen molar-refractivity contribution in [2.24, 2.45) is 0 Å². The maximum Gasteiger partial charge on any atom is 0.182 e. The molecule has 0 spiro atoms. The van der Waals surface area contributed by atoms with Gasteiger partial charge in [-0.1, -0.05) is 48.5 Å². The van der Waals surface area contributed by atoms with Gasteiger partial charge < -0.3 is 10.2 Å². The van der Waals surface area contributed by atoms with Gasteiger partial charge in [-0.15, -0.1) is 0 Å². The van der Waals surface area contributed by atoms with Crippen LogP contribution in [0.15, 0.2) is 95.5 Å². The van der Waals surface area contributed by atoms with Crippen LogP contribution in [-0.4, -0.2) is 40.6 Å². The van der Waals surface area contributed by atoms with Crippen LogP contribution < -0.4 is 0 Å². The number of nitrogens with zero attached hydrogens (tertiary/aromatic N) is 4. The number of nitrogens with one attached hydrogen (secondary N) is 2. The molecule has 0 saturated carbocycles. The Hall–Kier alpha value is -5.28. The maximum absolute atomic E-state index is 9.69. The Kier molecular flexibility index (Phi) is 6.51. The summed E-state index contributed by atoms with van der Waals surface area (Å²) in [7, 11) is 0. The van der Waals surface area contributed by atoms with Gasteiger partial charge >= 0.3 is 0 Å². The number of phenols is 2. The Morgan fingerprint density at radius 1 is 0.581 bits per heavy atom. The van der Waals surface area contributed by atoms with Crippen molar-refractivity contribution in [2.45, 2.75) is 13.8 Å². The Morgan fingerprint density at radius 3 is 1.56 bits per heavy atom. The van der Waals surface area contributed by atoms with E-state index in [9.17, 15) is 10.2 Å². The molecule has 0 unspecified atom stereocenters.